The summed E-state index contributed by atoms with van der Waals surface area (Å²) < 4.78 is 1.68. The minimum atomic E-state index is -0.0628. The van der Waals surface area contributed by atoms with E-state index in [1.54, 1.807) is 15.9 Å². The molecule has 0 aromatic carbocycles. The third-order valence-corrected chi connectivity index (χ3v) is 10.3. The number of Topliss-reactive ketones (excluding diaryl/α,β-unsaturated/α-hetero) is 1. The maximum Gasteiger partial charge on any atom is 0.262 e. The summed E-state index contributed by atoms with van der Waals surface area (Å²) in [6, 6.07) is 0. The molecule has 5 aliphatic carbocycles. The van der Waals surface area contributed by atoms with Crippen LogP contribution in [0.1, 0.15) is 61.8 Å². The van der Waals surface area contributed by atoms with Gasteiger partial charge in [0.2, 0.25) is 0 Å². The average Bonchev–Trinajstić information content (AvgIpc) is 3.06. The fraction of sp³-hybridized carbons (Fsp3) is 0.696. The summed E-state index contributed by atoms with van der Waals surface area (Å²) in [6.07, 6.45) is 11.9. The normalized spacial score (nSPS) is 32.7. The first kappa shape index (κ1) is 18.6. The second-order valence-electron chi connectivity index (χ2n) is 10.1. The molecule has 4 fully saturated rings. The molecule has 6 heteroatoms. The molecule has 7 rings (SSSR count). The number of nitrogens with zero attached hydrogens (tertiary/aromatic N) is 2. The zero-order chi connectivity index (χ0) is 19.8. The summed E-state index contributed by atoms with van der Waals surface area (Å²) in [6.45, 7) is 0. The molecule has 4 bridgehead atoms. The monoisotopic (exact) mass is 428 g/mol. The molecule has 2 aromatic heterocycles. The van der Waals surface area contributed by atoms with Crippen LogP contribution in [-0.4, -0.2) is 21.1 Å². The van der Waals surface area contributed by atoms with Gasteiger partial charge in [-0.25, -0.2) is 4.98 Å². The number of ketones is 1. The largest absolute Gasteiger partial charge is 0.298 e. The topological polar surface area (TPSA) is 52.0 Å². The predicted molar refractivity (Wildman–Crippen MR) is 118 cm³/mol. The number of rotatable bonds is 4. The van der Waals surface area contributed by atoms with Crippen LogP contribution in [0.2, 0.25) is 0 Å². The quantitative estimate of drug-likeness (QED) is 0.521. The molecule has 0 unspecified atom stereocenters. The van der Waals surface area contributed by atoms with Crippen LogP contribution in [-0.2, 0) is 24.7 Å². The average molecular weight is 429 g/mol. The van der Waals surface area contributed by atoms with Crippen LogP contribution in [0.15, 0.2) is 9.95 Å². The molecule has 29 heavy (non-hydrogen) atoms. The van der Waals surface area contributed by atoms with Gasteiger partial charge in [-0.15, -0.1) is 11.3 Å². The molecule has 0 N–H and O–H groups in total. The van der Waals surface area contributed by atoms with E-state index in [2.05, 4.69) is 0 Å². The molecule has 2 aromatic rings. The SMILES string of the molecule is Cn1c(SCC(=O)C23CC4CC(CC(C4)C2)C3)nc2sc3c(c2c1=O)CCCC3. The molecule has 0 amide bonds. The number of fused-ring (bicyclic) bond motifs is 3. The Morgan fingerprint density at radius 1 is 1.14 bits per heavy atom. The fourth-order valence-electron chi connectivity index (χ4n) is 7.13. The van der Waals surface area contributed by atoms with E-state index >= 15 is 0 Å². The van der Waals surface area contributed by atoms with Crippen molar-refractivity contribution in [3.8, 4) is 0 Å². The Labute approximate surface area is 179 Å². The highest BCUT2D eigenvalue weighted by molar-refractivity contribution is 7.99. The third-order valence-electron chi connectivity index (χ3n) is 8.12. The minimum Gasteiger partial charge on any atom is -0.298 e. The van der Waals surface area contributed by atoms with Gasteiger partial charge in [0.05, 0.1) is 11.1 Å². The molecule has 4 saturated carbocycles. The Morgan fingerprint density at radius 2 is 1.79 bits per heavy atom. The Balaban J connectivity index is 1.27. The number of carbonyl (C=O) groups is 1. The fourth-order valence-corrected chi connectivity index (χ4v) is 9.44. The van der Waals surface area contributed by atoms with Crippen molar-refractivity contribution in [2.24, 2.45) is 30.2 Å². The van der Waals surface area contributed by atoms with Crippen LogP contribution in [0.25, 0.3) is 10.2 Å². The molecule has 0 radical (unpaired) electrons. The van der Waals surface area contributed by atoms with Gasteiger partial charge in [0.25, 0.3) is 5.56 Å². The number of carbonyl (C=O) groups excluding carboxylic acids is 1. The van der Waals surface area contributed by atoms with Crippen molar-refractivity contribution < 1.29 is 4.79 Å². The lowest BCUT2D eigenvalue weighted by atomic mass is 9.48. The van der Waals surface area contributed by atoms with E-state index < -0.39 is 0 Å². The Morgan fingerprint density at radius 3 is 2.48 bits per heavy atom. The van der Waals surface area contributed by atoms with Gasteiger partial charge in [-0.2, -0.15) is 0 Å². The molecular weight excluding hydrogens is 400 g/mol. The van der Waals surface area contributed by atoms with E-state index in [1.807, 2.05) is 7.05 Å². The van der Waals surface area contributed by atoms with Crippen molar-refractivity contribution in [1.82, 2.24) is 9.55 Å². The molecule has 154 valence electrons. The van der Waals surface area contributed by atoms with Gasteiger partial charge in [-0.1, -0.05) is 11.8 Å². The number of hydrogen-bond donors (Lipinski definition) is 0. The lowest BCUT2D eigenvalue weighted by molar-refractivity contribution is -0.141. The van der Waals surface area contributed by atoms with Gasteiger partial charge in [0, 0.05) is 17.3 Å². The van der Waals surface area contributed by atoms with Crippen LogP contribution in [0, 0.1) is 23.2 Å². The lowest BCUT2D eigenvalue weighted by Gasteiger charge is -2.56. The summed E-state index contributed by atoms with van der Waals surface area (Å²) in [5, 5.41) is 1.54. The summed E-state index contributed by atoms with van der Waals surface area (Å²) >= 11 is 3.18. The smallest absolute Gasteiger partial charge is 0.262 e. The Kier molecular flexibility index (Phi) is 4.29. The maximum absolute atomic E-state index is 13.4. The van der Waals surface area contributed by atoms with E-state index in [0.29, 0.717) is 16.7 Å². The van der Waals surface area contributed by atoms with Gasteiger partial charge in [-0.05, 0) is 87.5 Å². The van der Waals surface area contributed by atoms with Crippen LogP contribution in [0.3, 0.4) is 0 Å². The second-order valence-corrected chi connectivity index (χ2v) is 12.1. The molecule has 0 spiro atoms. The zero-order valence-electron chi connectivity index (χ0n) is 17.0. The van der Waals surface area contributed by atoms with Crippen molar-refractivity contribution >= 4 is 39.1 Å². The minimum absolute atomic E-state index is 0.0628. The molecule has 5 aliphatic rings. The van der Waals surface area contributed by atoms with Gasteiger partial charge in [-0.3, -0.25) is 14.2 Å². The second kappa shape index (κ2) is 6.68. The van der Waals surface area contributed by atoms with Gasteiger partial charge in [0.15, 0.2) is 5.16 Å². The standard InChI is InChI=1S/C23H28N2O2S2/c1-25-21(27)19-16-4-2-3-5-17(16)29-20(19)24-22(25)28-12-18(26)23-9-13-6-14(10-23)8-15(7-13)11-23/h13-15H,2-12H2,1H3. The molecule has 4 nitrogen and oxygen atoms in total. The highest BCUT2D eigenvalue weighted by Gasteiger charge is 2.54. The maximum atomic E-state index is 13.4. The molecular formula is C23H28N2O2S2. The van der Waals surface area contributed by atoms with Crippen LogP contribution >= 0.6 is 23.1 Å². The van der Waals surface area contributed by atoms with Crippen LogP contribution < -0.4 is 5.56 Å². The zero-order valence-corrected chi connectivity index (χ0v) is 18.7. The predicted octanol–water partition coefficient (Wildman–Crippen LogP) is 4.75. The number of aromatic nitrogens is 2. The summed E-state index contributed by atoms with van der Waals surface area (Å²) in [4.78, 5) is 33.5. The number of thiophene rings is 1. The van der Waals surface area contributed by atoms with Gasteiger partial charge >= 0.3 is 0 Å². The molecule has 0 aliphatic heterocycles. The highest BCUT2D eigenvalue weighted by Crippen LogP contribution is 2.60. The summed E-state index contributed by atoms with van der Waals surface area (Å²) in [5.41, 5.74) is 1.25. The number of thioether (sulfide) groups is 1. The van der Waals surface area contributed by atoms with Gasteiger partial charge in [0.1, 0.15) is 10.6 Å². The summed E-state index contributed by atoms with van der Waals surface area (Å²) in [5.74, 6) is 3.23. The Bertz CT molecular complexity index is 1030. The third kappa shape index (κ3) is 2.88. The summed E-state index contributed by atoms with van der Waals surface area (Å²) in [7, 11) is 1.82. The first-order chi connectivity index (χ1) is 14.0. The van der Waals surface area contributed by atoms with Crippen molar-refractivity contribution in [2.75, 3.05) is 5.75 Å². The van der Waals surface area contributed by atoms with E-state index in [1.165, 1.54) is 47.9 Å². The van der Waals surface area contributed by atoms with Gasteiger partial charge < -0.3 is 0 Å². The van der Waals surface area contributed by atoms with E-state index in [4.69, 9.17) is 4.98 Å². The molecule has 0 saturated heterocycles. The van der Waals surface area contributed by atoms with Crippen LogP contribution in [0.5, 0.6) is 0 Å². The molecule has 2 heterocycles. The van der Waals surface area contributed by atoms with Crippen molar-refractivity contribution in [3.63, 3.8) is 0 Å². The highest BCUT2D eigenvalue weighted by atomic mass is 32.2. The van der Waals surface area contributed by atoms with Crippen molar-refractivity contribution in [2.45, 2.75) is 69.4 Å². The molecule has 0 atom stereocenters. The number of hydrogen-bond acceptors (Lipinski definition) is 5. The van der Waals surface area contributed by atoms with E-state index in [-0.39, 0.29) is 11.0 Å². The van der Waals surface area contributed by atoms with Crippen molar-refractivity contribution in [1.29, 1.82) is 0 Å². The number of aryl methyl sites for hydroxylation is 2. The van der Waals surface area contributed by atoms with E-state index in [0.717, 1.165) is 66.5 Å². The van der Waals surface area contributed by atoms with Crippen LogP contribution in [0.4, 0.5) is 0 Å². The first-order valence-electron chi connectivity index (χ1n) is 11.2. The lowest BCUT2D eigenvalue weighted by Crippen LogP contribution is -2.50. The first-order valence-corrected chi connectivity index (χ1v) is 13.0. The van der Waals surface area contributed by atoms with E-state index in [9.17, 15) is 9.59 Å². The van der Waals surface area contributed by atoms with Crippen molar-refractivity contribution in [3.05, 3.63) is 20.8 Å². The Hall–Kier alpha value is -1.14.